The van der Waals surface area contributed by atoms with E-state index in [0.717, 1.165) is 16.9 Å². The summed E-state index contributed by atoms with van der Waals surface area (Å²) >= 11 is 1.42. The predicted molar refractivity (Wildman–Crippen MR) is 72.0 cm³/mol. The topological polar surface area (TPSA) is 46.5 Å². The fourth-order valence-corrected chi connectivity index (χ4v) is 2.40. The maximum atomic E-state index is 11.4. The third-order valence-corrected chi connectivity index (χ3v) is 3.41. The second kappa shape index (κ2) is 5.69. The van der Waals surface area contributed by atoms with Gasteiger partial charge in [-0.3, -0.25) is 4.79 Å². The van der Waals surface area contributed by atoms with E-state index in [1.54, 1.807) is 18.2 Å². The number of phenols is 1. The van der Waals surface area contributed by atoms with E-state index in [9.17, 15) is 9.90 Å². The number of aromatic hydroxyl groups is 1. The van der Waals surface area contributed by atoms with E-state index in [1.165, 1.54) is 11.3 Å². The SMILES string of the molecule is CCCC(=O)Oc1ccc(-c2ccc(O)cc2)s1. The molecule has 18 heavy (non-hydrogen) atoms. The van der Waals surface area contributed by atoms with Crippen molar-refractivity contribution < 1.29 is 14.6 Å². The molecule has 0 radical (unpaired) electrons. The van der Waals surface area contributed by atoms with Gasteiger partial charge in [-0.2, -0.15) is 0 Å². The van der Waals surface area contributed by atoms with Gasteiger partial charge in [-0.25, -0.2) is 0 Å². The van der Waals surface area contributed by atoms with Gasteiger partial charge >= 0.3 is 5.97 Å². The van der Waals surface area contributed by atoms with E-state index >= 15 is 0 Å². The zero-order valence-corrected chi connectivity index (χ0v) is 10.9. The van der Waals surface area contributed by atoms with Crippen LogP contribution in [-0.4, -0.2) is 11.1 Å². The lowest BCUT2D eigenvalue weighted by Gasteiger charge is -1.99. The number of benzene rings is 1. The fourth-order valence-electron chi connectivity index (χ4n) is 1.52. The van der Waals surface area contributed by atoms with Crippen molar-refractivity contribution in [2.75, 3.05) is 0 Å². The van der Waals surface area contributed by atoms with E-state index in [4.69, 9.17) is 4.74 Å². The Morgan fingerprint density at radius 2 is 1.94 bits per heavy atom. The molecule has 3 nitrogen and oxygen atoms in total. The van der Waals surface area contributed by atoms with Crippen molar-refractivity contribution in [3.05, 3.63) is 36.4 Å². The molecule has 0 unspecified atom stereocenters. The Balaban J connectivity index is 2.10. The first-order chi connectivity index (χ1) is 8.69. The van der Waals surface area contributed by atoms with E-state index in [2.05, 4.69) is 0 Å². The molecular weight excluding hydrogens is 248 g/mol. The van der Waals surface area contributed by atoms with Crippen LogP contribution in [-0.2, 0) is 4.79 Å². The smallest absolute Gasteiger partial charge is 0.311 e. The van der Waals surface area contributed by atoms with Gasteiger partial charge in [0.1, 0.15) is 5.75 Å². The van der Waals surface area contributed by atoms with Gasteiger partial charge in [-0.1, -0.05) is 18.3 Å². The van der Waals surface area contributed by atoms with Crippen LogP contribution < -0.4 is 4.74 Å². The van der Waals surface area contributed by atoms with E-state index in [1.807, 2.05) is 25.1 Å². The van der Waals surface area contributed by atoms with Crippen molar-refractivity contribution >= 4 is 17.3 Å². The Bertz CT molecular complexity index is 528. The van der Waals surface area contributed by atoms with Gasteiger partial charge < -0.3 is 9.84 Å². The Hall–Kier alpha value is -1.81. The van der Waals surface area contributed by atoms with Gasteiger partial charge in [0.25, 0.3) is 0 Å². The predicted octanol–water partition coefficient (Wildman–Crippen LogP) is 3.83. The third-order valence-electron chi connectivity index (χ3n) is 2.40. The van der Waals surface area contributed by atoms with Crippen LogP contribution >= 0.6 is 11.3 Å². The zero-order chi connectivity index (χ0) is 13.0. The Kier molecular flexibility index (Phi) is 3.99. The summed E-state index contributed by atoms with van der Waals surface area (Å²) in [4.78, 5) is 12.4. The first-order valence-electron chi connectivity index (χ1n) is 5.79. The molecular formula is C14H14O3S. The minimum Gasteiger partial charge on any atom is -0.508 e. The number of ether oxygens (including phenoxy) is 1. The number of rotatable bonds is 4. The first-order valence-corrected chi connectivity index (χ1v) is 6.60. The van der Waals surface area contributed by atoms with Crippen molar-refractivity contribution in [2.24, 2.45) is 0 Å². The van der Waals surface area contributed by atoms with E-state index in [0.29, 0.717) is 11.5 Å². The average Bonchev–Trinajstić information content (AvgIpc) is 2.78. The Morgan fingerprint density at radius 3 is 2.61 bits per heavy atom. The quantitative estimate of drug-likeness (QED) is 0.852. The molecule has 0 amide bonds. The van der Waals surface area contributed by atoms with Crippen LogP contribution in [0, 0.1) is 0 Å². The lowest BCUT2D eigenvalue weighted by Crippen LogP contribution is -2.05. The van der Waals surface area contributed by atoms with Gasteiger partial charge in [0.05, 0.1) is 0 Å². The van der Waals surface area contributed by atoms with Crippen LogP contribution in [0.4, 0.5) is 0 Å². The lowest BCUT2D eigenvalue weighted by atomic mass is 10.2. The van der Waals surface area contributed by atoms with Crippen LogP contribution in [0.3, 0.4) is 0 Å². The normalized spacial score (nSPS) is 10.3. The van der Waals surface area contributed by atoms with Gasteiger partial charge in [-0.15, -0.1) is 0 Å². The first kappa shape index (κ1) is 12.6. The summed E-state index contributed by atoms with van der Waals surface area (Å²) in [5.74, 6) is 0.0431. The molecule has 1 aromatic heterocycles. The van der Waals surface area contributed by atoms with E-state index in [-0.39, 0.29) is 11.7 Å². The molecule has 4 heteroatoms. The van der Waals surface area contributed by atoms with Gasteiger partial charge in [-0.05, 0) is 48.4 Å². The number of phenolic OH excluding ortho intramolecular Hbond substituents is 1. The van der Waals surface area contributed by atoms with Gasteiger partial charge in [0.15, 0.2) is 5.06 Å². The molecule has 0 aliphatic carbocycles. The summed E-state index contributed by atoms with van der Waals surface area (Å²) in [5, 5.41) is 9.83. The number of carbonyl (C=O) groups excluding carboxylic acids is 1. The molecule has 0 atom stereocenters. The third kappa shape index (κ3) is 3.11. The lowest BCUT2D eigenvalue weighted by molar-refractivity contribution is -0.134. The van der Waals surface area contributed by atoms with Crippen molar-refractivity contribution in [3.8, 4) is 21.3 Å². The molecule has 1 N–H and O–H groups in total. The number of esters is 1. The molecule has 0 aliphatic rings. The maximum Gasteiger partial charge on any atom is 0.311 e. The molecule has 2 rings (SSSR count). The maximum absolute atomic E-state index is 11.4. The molecule has 0 fully saturated rings. The summed E-state index contributed by atoms with van der Waals surface area (Å²) in [6, 6.07) is 10.6. The fraction of sp³-hybridized carbons (Fsp3) is 0.214. The van der Waals surface area contributed by atoms with Crippen molar-refractivity contribution in [1.82, 2.24) is 0 Å². The second-order valence-electron chi connectivity index (χ2n) is 3.89. The zero-order valence-electron chi connectivity index (χ0n) is 10.1. The molecule has 0 aliphatic heterocycles. The minimum absolute atomic E-state index is 0.198. The van der Waals surface area contributed by atoms with Gasteiger partial charge in [0.2, 0.25) is 0 Å². The van der Waals surface area contributed by atoms with Crippen molar-refractivity contribution in [2.45, 2.75) is 19.8 Å². The molecule has 0 saturated heterocycles. The molecule has 0 saturated carbocycles. The molecule has 1 heterocycles. The van der Waals surface area contributed by atoms with E-state index < -0.39 is 0 Å². The highest BCUT2D eigenvalue weighted by atomic mass is 32.1. The molecule has 94 valence electrons. The summed E-state index contributed by atoms with van der Waals surface area (Å²) in [5.41, 5.74) is 0.996. The van der Waals surface area contributed by atoms with Gasteiger partial charge in [0, 0.05) is 11.3 Å². The summed E-state index contributed by atoms with van der Waals surface area (Å²) in [7, 11) is 0. The number of hydrogen-bond acceptors (Lipinski definition) is 4. The number of thiophene rings is 1. The Labute approximate surface area is 110 Å². The second-order valence-corrected chi connectivity index (χ2v) is 4.94. The molecule has 2 aromatic rings. The van der Waals surface area contributed by atoms with Crippen molar-refractivity contribution in [1.29, 1.82) is 0 Å². The minimum atomic E-state index is -0.198. The van der Waals surface area contributed by atoms with Crippen LogP contribution in [0.1, 0.15) is 19.8 Å². The van der Waals surface area contributed by atoms with Crippen molar-refractivity contribution in [3.63, 3.8) is 0 Å². The molecule has 0 spiro atoms. The molecule has 1 aromatic carbocycles. The summed E-state index contributed by atoms with van der Waals surface area (Å²) in [6.45, 7) is 1.94. The van der Waals surface area contributed by atoms with Crippen LogP contribution in [0.15, 0.2) is 36.4 Å². The van der Waals surface area contributed by atoms with Crippen LogP contribution in [0.5, 0.6) is 10.8 Å². The summed E-state index contributed by atoms with van der Waals surface area (Å²) in [6.07, 6.45) is 1.22. The highest BCUT2D eigenvalue weighted by Gasteiger charge is 2.07. The monoisotopic (exact) mass is 262 g/mol. The standard InChI is InChI=1S/C14H14O3S/c1-2-3-13(16)17-14-9-8-12(18-14)10-4-6-11(15)7-5-10/h4-9,15H,2-3H2,1H3. The summed E-state index contributed by atoms with van der Waals surface area (Å²) < 4.78 is 5.21. The number of hydrogen-bond donors (Lipinski definition) is 1. The molecule has 0 bridgehead atoms. The average molecular weight is 262 g/mol. The highest BCUT2D eigenvalue weighted by Crippen LogP contribution is 2.33. The highest BCUT2D eigenvalue weighted by molar-refractivity contribution is 7.17. The largest absolute Gasteiger partial charge is 0.508 e. The Morgan fingerprint density at radius 1 is 1.22 bits per heavy atom. The number of carbonyl (C=O) groups is 1. The van der Waals surface area contributed by atoms with Crippen LogP contribution in [0.25, 0.3) is 10.4 Å². The van der Waals surface area contributed by atoms with Crippen LogP contribution in [0.2, 0.25) is 0 Å².